The number of rotatable bonds is 4. The summed E-state index contributed by atoms with van der Waals surface area (Å²) >= 11 is 11.0. The molecule has 0 amide bonds. The van der Waals surface area contributed by atoms with Crippen LogP contribution in [-0.4, -0.2) is 17.5 Å². The average Bonchev–Trinajstić information content (AvgIpc) is 2.21. The molecular formula is C11H13ClOS. The molecule has 0 bridgehead atoms. The van der Waals surface area contributed by atoms with Gasteiger partial charge in [-0.15, -0.1) is 11.6 Å². The minimum atomic E-state index is 0.0211. The summed E-state index contributed by atoms with van der Waals surface area (Å²) in [6.45, 7) is 2.52. The minimum Gasteiger partial charge on any atom is -0.487 e. The van der Waals surface area contributed by atoms with Gasteiger partial charge in [-0.05, 0) is 24.7 Å². The lowest BCUT2D eigenvalue weighted by Gasteiger charge is -2.15. The monoisotopic (exact) mass is 228 g/mol. The Labute approximate surface area is 95.0 Å². The molecule has 14 heavy (non-hydrogen) atoms. The molecule has 76 valence electrons. The lowest BCUT2D eigenvalue weighted by atomic mass is 10.0. The summed E-state index contributed by atoms with van der Waals surface area (Å²) in [7, 11) is 0. The number of hydrogen-bond acceptors (Lipinski definition) is 2. The van der Waals surface area contributed by atoms with Crippen LogP contribution < -0.4 is 0 Å². The minimum absolute atomic E-state index is 0.0211. The second kappa shape index (κ2) is 5.99. The molecule has 3 heteroatoms. The van der Waals surface area contributed by atoms with Gasteiger partial charge in [-0.1, -0.05) is 30.3 Å². The van der Waals surface area contributed by atoms with Crippen molar-refractivity contribution in [2.75, 3.05) is 12.5 Å². The first kappa shape index (κ1) is 11.5. The second-order valence-corrected chi connectivity index (χ2v) is 3.58. The summed E-state index contributed by atoms with van der Waals surface area (Å²) in [6.07, 6.45) is 0. The molecule has 0 saturated carbocycles. The number of benzene rings is 1. The molecular weight excluding hydrogens is 216 g/mol. The zero-order valence-corrected chi connectivity index (χ0v) is 9.65. The first-order valence-corrected chi connectivity index (χ1v) is 5.51. The van der Waals surface area contributed by atoms with Crippen LogP contribution >= 0.6 is 23.8 Å². The number of halogens is 1. The predicted molar refractivity (Wildman–Crippen MR) is 64.1 cm³/mol. The summed E-state index contributed by atoms with van der Waals surface area (Å²) in [5.41, 5.74) is 1.11. The van der Waals surface area contributed by atoms with Crippen molar-refractivity contribution in [3.8, 4) is 0 Å². The van der Waals surface area contributed by atoms with Gasteiger partial charge in [-0.3, -0.25) is 0 Å². The fourth-order valence-corrected chi connectivity index (χ4v) is 1.96. The highest BCUT2D eigenvalue weighted by atomic mass is 35.5. The zero-order valence-electron chi connectivity index (χ0n) is 8.07. The Bertz CT molecular complexity index is 287. The van der Waals surface area contributed by atoms with E-state index in [1.807, 2.05) is 37.3 Å². The van der Waals surface area contributed by atoms with Crippen molar-refractivity contribution < 1.29 is 4.74 Å². The van der Waals surface area contributed by atoms with Gasteiger partial charge in [0.2, 0.25) is 0 Å². The van der Waals surface area contributed by atoms with Gasteiger partial charge in [-0.2, -0.15) is 0 Å². The molecule has 0 aromatic heterocycles. The number of alkyl halides is 1. The highest BCUT2D eigenvalue weighted by molar-refractivity contribution is 7.80. The first-order chi connectivity index (χ1) is 6.79. The molecule has 1 aromatic rings. The second-order valence-electron chi connectivity index (χ2n) is 2.87. The van der Waals surface area contributed by atoms with E-state index in [0.717, 1.165) is 5.56 Å². The molecule has 1 rings (SSSR count). The number of ether oxygens (including phenoxy) is 1. The van der Waals surface area contributed by atoms with Crippen molar-refractivity contribution in [1.29, 1.82) is 0 Å². The Hall–Kier alpha value is -0.600. The third kappa shape index (κ3) is 2.96. The van der Waals surface area contributed by atoms with Crippen LogP contribution in [0.4, 0.5) is 0 Å². The molecule has 0 saturated heterocycles. The molecule has 0 radical (unpaired) electrons. The Kier molecular flexibility index (Phi) is 4.91. The first-order valence-electron chi connectivity index (χ1n) is 4.57. The van der Waals surface area contributed by atoms with E-state index >= 15 is 0 Å². The molecule has 0 N–H and O–H groups in total. The van der Waals surface area contributed by atoms with Gasteiger partial charge in [0.25, 0.3) is 0 Å². The lowest BCUT2D eigenvalue weighted by molar-refractivity contribution is 0.323. The number of thiocarbonyl (C=S) groups is 1. The standard InChI is InChI=1S/C11H13ClOS/c1-2-13-11(14)10(8-12)9-6-4-3-5-7-9/h3-7,10H,2,8H2,1H3. The molecule has 1 unspecified atom stereocenters. The van der Waals surface area contributed by atoms with Crippen molar-refractivity contribution in [2.45, 2.75) is 12.8 Å². The van der Waals surface area contributed by atoms with Gasteiger partial charge in [-0.25, -0.2) is 0 Å². The van der Waals surface area contributed by atoms with Crippen LogP contribution in [0.25, 0.3) is 0 Å². The van der Waals surface area contributed by atoms with Gasteiger partial charge in [0.15, 0.2) is 5.05 Å². The fourth-order valence-electron chi connectivity index (χ4n) is 1.22. The van der Waals surface area contributed by atoms with Crippen molar-refractivity contribution in [3.63, 3.8) is 0 Å². The van der Waals surface area contributed by atoms with E-state index in [0.29, 0.717) is 17.5 Å². The molecule has 0 aliphatic carbocycles. The van der Waals surface area contributed by atoms with E-state index in [-0.39, 0.29) is 5.92 Å². The molecule has 0 aliphatic rings. The maximum absolute atomic E-state index is 5.87. The van der Waals surface area contributed by atoms with Gasteiger partial charge >= 0.3 is 0 Å². The Morgan fingerprint density at radius 3 is 2.57 bits per heavy atom. The summed E-state index contributed by atoms with van der Waals surface area (Å²) in [4.78, 5) is 0. The van der Waals surface area contributed by atoms with Gasteiger partial charge < -0.3 is 4.74 Å². The van der Waals surface area contributed by atoms with E-state index < -0.39 is 0 Å². The van der Waals surface area contributed by atoms with Crippen LogP contribution in [0.1, 0.15) is 18.4 Å². The van der Waals surface area contributed by atoms with Crippen LogP contribution in [0.3, 0.4) is 0 Å². The molecule has 0 spiro atoms. The third-order valence-electron chi connectivity index (χ3n) is 1.93. The van der Waals surface area contributed by atoms with Crippen molar-refractivity contribution in [1.82, 2.24) is 0 Å². The maximum Gasteiger partial charge on any atom is 0.168 e. The summed E-state index contributed by atoms with van der Waals surface area (Å²) in [5, 5.41) is 0.578. The van der Waals surface area contributed by atoms with Crippen molar-refractivity contribution in [2.24, 2.45) is 0 Å². The van der Waals surface area contributed by atoms with Gasteiger partial charge in [0, 0.05) is 5.88 Å². The summed E-state index contributed by atoms with van der Waals surface area (Å²) < 4.78 is 5.30. The van der Waals surface area contributed by atoms with Gasteiger partial charge in [0.1, 0.15) is 0 Å². The van der Waals surface area contributed by atoms with Crippen molar-refractivity contribution >= 4 is 28.9 Å². The van der Waals surface area contributed by atoms with Crippen LogP contribution in [0.5, 0.6) is 0 Å². The molecule has 0 aliphatic heterocycles. The normalized spacial score (nSPS) is 12.1. The van der Waals surface area contributed by atoms with Gasteiger partial charge in [0.05, 0.1) is 12.5 Å². The zero-order chi connectivity index (χ0) is 10.4. The Morgan fingerprint density at radius 1 is 1.43 bits per heavy atom. The van der Waals surface area contributed by atoms with Crippen LogP contribution in [0, 0.1) is 0 Å². The third-order valence-corrected chi connectivity index (χ3v) is 2.64. The quantitative estimate of drug-likeness (QED) is 0.577. The molecule has 0 fully saturated rings. The van der Waals surface area contributed by atoms with E-state index in [1.54, 1.807) is 0 Å². The predicted octanol–water partition coefficient (Wildman–Crippen LogP) is 3.37. The van der Waals surface area contributed by atoms with E-state index in [2.05, 4.69) is 0 Å². The molecule has 1 nitrogen and oxygen atoms in total. The molecule has 1 aromatic carbocycles. The summed E-state index contributed by atoms with van der Waals surface area (Å²) in [6, 6.07) is 9.95. The Balaban J connectivity index is 2.77. The topological polar surface area (TPSA) is 9.23 Å². The number of hydrogen-bond donors (Lipinski definition) is 0. The maximum atomic E-state index is 5.87. The summed E-state index contributed by atoms with van der Waals surface area (Å²) in [5.74, 6) is 0.482. The van der Waals surface area contributed by atoms with E-state index in [1.165, 1.54) is 0 Å². The molecule has 0 heterocycles. The van der Waals surface area contributed by atoms with E-state index in [4.69, 9.17) is 28.6 Å². The fraction of sp³-hybridized carbons (Fsp3) is 0.364. The van der Waals surface area contributed by atoms with Crippen molar-refractivity contribution in [3.05, 3.63) is 35.9 Å². The largest absolute Gasteiger partial charge is 0.487 e. The van der Waals surface area contributed by atoms with E-state index in [9.17, 15) is 0 Å². The highest BCUT2D eigenvalue weighted by Crippen LogP contribution is 2.19. The average molecular weight is 229 g/mol. The SMILES string of the molecule is CCOC(=S)C(CCl)c1ccccc1. The lowest BCUT2D eigenvalue weighted by Crippen LogP contribution is -2.15. The molecule has 1 atom stereocenters. The highest BCUT2D eigenvalue weighted by Gasteiger charge is 2.16. The smallest absolute Gasteiger partial charge is 0.168 e. The Morgan fingerprint density at radius 2 is 2.07 bits per heavy atom. The van der Waals surface area contributed by atoms with Crippen LogP contribution in [0.2, 0.25) is 0 Å². The van der Waals surface area contributed by atoms with Crippen LogP contribution in [0.15, 0.2) is 30.3 Å². The van der Waals surface area contributed by atoms with Crippen LogP contribution in [-0.2, 0) is 4.74 Å².